The second kappa shape index (κ2) is 10.3. The molecule has 0 bridgehead atoms. The molecule has 0 radical (unpaired) electrons. The summed E-state index contributed by atoms with van der Waals surface area (Å²) in [6.07, 6.45) is -5.71. The molecule has 192 valence electrons. The Labute approximate surface area is 204 Å². The lowest BCUT2D eigenvalue weighted by atomic mass is 10.1. The maximum absolute atomic E-state index is 13.3. The van der Waals surface area contributed by atoms with Crippen LogP contribution in [-0.2, 0) is 22.3 Å². The van der Waals surface area contributed by atoms with Crippen molar-refractivity contribution in [3.63, 3.8) is 0 Å². The number of benzene rings is 1. The van der Waals surface area contributed by atoms with Crippen molar-refractivity contribution in [2.75, 3.05) is 19.7 Å². The molecular weight excluding hydrogens is 495 g/mol. The predicted molar refractivity (Wildman–Crippen MR) is 118 cm³/mol. The van der Waals surface area contributed by atoms with Crippen LogP contribution in [0.3, 0.4) is 0 Å². The molecule has 1 amide bonds. The standard InChI is InChI=1S/C23H25ClF3NO7/c1-5-31-20(29)16-9-14(34-19(16)23(25,26)27)12-32-17-7-6-13(24)8-18(17)33-15-10-28(11-15)21(30)35-22(2,3)4/h6-9,15H,5,10-12H2,1-4H3. The lowest BCUT2D eigenvalue weighted by molar-refractivity contribution is -0.154. The summed E-state index contributed by atoms with van der Waals surface area (Å²) in [6.45, 7) is 6.81. The minimum Gasteiger partial charge on any atom is -0.483 e. The molecule has 8 nitrogen and oxygen atoms in total. The van der Waals surface area contributed by atoms with Crippen molar-refractivity contribution in [1.29, 1.82) is 0 Å². The number of esters is 1. The van der Waals surface area contributed by atoms with Crippen LogP contribution in [0.25, 0.3) is 0 Å². The van der Waals surface area contributed by atoms with Gasteiger partial charge in [-0.2, -0.15) is 13.2 Å². The summed E-state index contributed by atoms with van der Waals surface area (Å²) in [5, 5.41) is 0.345. The molecule has 1 aromatic heterocycles. The molecule has 0 atom stereocenters. The van der Waals surface area contributed by atoms with E-state index in [1.165, 1.54) is 30.0 Å². The zero-order valence-electron chi connectivity index (χ0n) is 19.5. The van der Waals surface area contributed by atoms with Crippen LogP contribution in [-0.4, -0.2) is 48.4 Å². The van der Waals surface area contributed by atoms with Gasteiger partial charge in [0.05, 0.1) is 19.7 Å². The van der Waals surface area contributed by atoms with E-state index in [1.807, 2.05) is 0 Å². The average molecular weight is 520 g/mol. The number of amides is 1. The first-order chi connectivity index (χ1) is 16.3. The quantitative estimate of drug-likeness (QED) is 0.433. The van der Waals surface area contributed by atoms with E-state index in [0.29, 0.717) is 5.02 Å². The number of ether oxygens (including phenoxy) is 4. The van der Waals surface area contributed by atoms with Crippen LogP contribution < -0.4 is 9.47 Å². The number of carbonyl (C=O) groups is 2. The predicted octanol–water partition coefficient (Wildman–Crippen LogP) is 5.71. The van der Waals surface area contributed by atoms with Gasteiger partial charge >= 0.3 is 18.2 Å². The number of likely N-dealkylation sites (tertiary alicyclic amines) is 1. The van der Waals surface area contributed by atoms with Gasteiger partial charge in [-0.15, -0.1) is 0 Å². The van der Waals surface area contributed by atoms with Gasteiger partial charge in [-0.05, 0) is 45.9 Å². The molecule has 0 aliphatic carbocycles. The van der Waals surface area contributed by atoms with Crippen LogP contribution in [0.5, 0.6) is 11.5 Å². The summed E-state index contributed by atoms with van der Waals surface area (Å²) in [5.74, 6) is -2.42. The Morgan fingerprint density at radius 3 is 2.43 bits per heavy atom. The first-order valence-corrected chi connectivity index (χ1v) is 11.1. The Balaban J connectivity index is 1.67. The van der Waals surface area contributed by atoms with Gasteiger partial charge in [-0.25, -0.2) is 9.59 Å². The number of alkyl halides is 3. The average Bonchev–Trinajstić information content (AvgIpc) is 3.13. The molecule has 0 unspecified atom stereocenters. The van der Waals surface area contributed by atoms with E-state index in [-0.39, 0.29) is 43.1 Å². The maximum Gasteiger partial charge on any atom is 0.450 e. The summed E-state index contributed by atoms with van der Waals surface area (Å²) < 4.78 is 66.2. The van der Waals surface area contributed by atoms with E-state index in [0.717, 1.165) is 6.07 Å². The second-order valence-electron chi connectivity index (χ2n) is 8.68. The van der Waals surface area contributed by atoms with E-state index in [2.05, 4.69) is 4.74 Å². The zero-order chi connectivity index (χ0) is 26.0. The van der Waals surface area contributed by atoms with Crippen molar-refractivity contribution >= 4 is 23.7 Å². The summed E-state index contributed by atoms with van der Waals surface area (Å²) >= 11 is 6.05. The van der Waals surface area contributed by atoms with Crippen LogP contribution in [0.2, 0.25) is 5.02 Å². The van der Waals surface area contributed by atoms with E-state index >= 15 is 0 Å². The Kier molecular flexibility index (Phi) is 7.78. The first kappa shape index (κ1) is 26.5. The van der Waals surface area contributed by atoms with Gasteiger partial charge in [0.2, 0.25) is 5.76 Å². The van der Waals surface area contributed by atoms with Crippen LogP contribution in [0.1, 0.15) is 49.6 Å². The Morgan fingerprint density at radius 2 is 1.83 bits per heavy atom. The SMILES string of the molecule is CCOC(=O)c1cc(COc2ccc(Cl)cc2OC2CN(C(=O)OC(C)(C)C)C2)oc1C(F)(F)F. The molecule has 0 saturated carbocycles. The summed E-state index contributed by atoms with van der Waals surface area (Å²) in [7, 11) is 0. The van der Waals surface area contributed by atoms with Gasteiger partial charge in [-0.1, -0.05) is 11.6 Å². The van der Waals surface area contributed by atoms with Crippen molar-refractivity contribution in [2.45, 2.75) is 52.2 Å². The third-order valence-electron chi connectivity index (χ3n) is 4.60. The number of hydrogen-bond donors (Lipinski definition) is 0. The number of halogens is 4. The van der Waals surface area contributed by atoms with Gasteiger partial charge in [-0.3, -0.25) is 0 Å². The Morgan fingerprint density at radius 1 is 1.14 bits per heavy atom. The third kappa shape index (κ3) is 6.97. The molecule has 2 heterocycles. The maximum atomic E-state index is 13.3. The Hall–Kier alpha value is -3.08. The van der Waals surface area contributed by atoms with Crippen molar-refractivity contribution in [3.05, 3.63) is 46.4 Å². The lowest BCUT2D eigenvalue weighted by Crippen LogP contribution is -2.57. The molecule has 1 fully saturated rings. The highest BCUT2D eigenvalue weighted by atomic mass is 35.5. The van der Waals surface area contributed by atoms with Crippen LogP contribution in [0.15, 0.2) is 28.7 Å². The van der Waals surface area contributed by atoms with E-state index < -0.39 is 41.8 Å². The van der Waals surface area contributed by atoms with Gasteiger partial charge in [0.15, 0.2) is 11.5 Å². The molecule has 3 rings (SSSR count). The molecule has 1 aliphatic heterocycles. The molecule has 1 aromatic carbocycles. The lowest BCUT2D eigenvalue weighted by Gasteiger charge is -2.39. The summed E-state index contributed by atoms with van der Waals surface area (Å²) in [5.41, 5.74) is -1.36. The minimum absolute atomic E-state index is 0.0921. The largest absolute Gasteiger partial charge is 0.483 e. The number of rotatable bonds is 7. The van der Waals surface area contributed by atoms with Crippen molar-refractivity contribution in [2.24, 2.45) is 0 Å². The van der Waals surface area contributed by atoms with Gasteiger partial charge < -0.3 is 28.3 Å². The number of carbonyl (C=O) groups excluding carboxylic acids is 2. The molecular formula is C23H25ClF3NO7. The smallest absolute Gasteiger partial charge is 0.450 e. The highest BCUT2D eigenvalue weighted by Gasteiger charge is 2.41. The van der Waals surface area contributed by atoms with Crippen LogP contribution >= 0.6 is 11.6 Å². The second-order valence-corrected chi connectivity index (χ2v) is 9.12. The fourth-order valence-corrected chi connectivity index (χ4v) is 3.26. The molecule has 35 heavy (non-hydrogen) atoms. The number of hydrogen-bond acceptors (Lipinski definition) is 7. The molecule has 1 saturated heterocycles. The van der Waals surface area contributed by atoms with E-state index in [4.69, 9.17) is 30.2 Å². The van der Waals surface area contributed by atoms with Crippen molar-refractivity contribution < 1.29 is 46.1 Å². The number of nitrogens with zero attached hydrogens (tertiary/aromatic N) is 1. The summed E-state index contributed by atoms with van der Waals surface area (Å²) in [4.78, 5) is 25.5. The molecule has 2 aromatic rings. The minimum atomic E-state index is -4.89. The zero-order valence-corrected chi connectivity index (χ0v) is 20.3. The molecule has 12 heteroatoms. The summed E-state index contributed by atoms with van der Waals surface area (Å²) in [6, 6.07) is 5.43. The van der Waals surface area contributed by atoms with E-state index in [9.17, 15) is 22.8 Å². The first-order valence-electron chi connectivity index (χ1n) is 10.7. The topological polar surface area (TPSA) is 87.4 Å². The van der Waals surface area contributed by atoms with Crippen LogP contribution in [0, 0.1) is 0 Å². The fraction of sp³-hybridized carbons (Fsp3) is 0.478. The van der Waals surface area contributed by atoms with Gasteiger partial charge in [0.1, 0.15) is 29.6 Å². The third-order valence-corrected chi connectivity index (χ3v) is 4.84. The van der Waals surface area contributed by atoms with E-state index in [1.54, 1.807) is 20.8 Å². The van der Waals surface area contributed by atoms with Crippen LogP contribution in [0.4, 0.5) is 18.0 Å². The normalized spacial score (nSPS) is 14.3. The highest BCUT2D eigenvalue weighted by molar-refractivity contribution is 6.30. The van der Waals surface area contributed by atoms with Crippen molar-refractivity contribution in [1.82, 2.24) is 4.90 Å². The fourth-order valence-electron chi connectivity index (χ4n) is 3.09. The molecule has 0 N–H and O–H groups in total. The molecule has 0 spiro atoms. The monoisotopic (exact) mass is 519 g/mol. The highest BCUT2D eigenvalue weighted by Crippen LogP contribution is 2.36. The van der Waals surface area contributed by atoms with Gasteiger partial charge in [0.25, 0.3) is 0 Å². The Bertz CT molecular complexity index is 1070. The number of furan rings is 1. The van der Waals surface area contributed by atoms with Gasteiger partial charge in [0, 0.05) is 11.1 Å². The van der Waals surface area contributed by atoms with Crippen molar-refractivity contribution in [3.8, 4) is 11.5 Å². The molecule has 1 aliphatic rings.